The molecule has 1 amide bonds. The molecular formula is C14H23NO6. The topological polar surface area (TPSA) is 102 Å². The highest BCUT2D eigenvalue weighted by Gasteiger charge is 2.52. The van der Waals surface area contributed by atoms with Gasteiger partial charge in [0.25, 0.3) is 0 Å². The molecule has 0 aromatic rings. The van der Waals surface area contributed by atoms with E-state index in [-0.39, 0.29) is 19.2 Å². The zero-order valence-electron chi connectivity index (χ0n) is 12.4. The summed E-state index contributed by atoms with van der Waals surface area (Å²) < 4.78 is 9.68. The number of hydrogen-bond donors (Lipinski definition) is 2. The molecule has 0 aromatic carbocycles. The molecule has 1 aliphatic rings. The summed E-state index contributed by atoms with van der Waals surface area (Å²) in [6.45, 7) is 2.00. The molecule has 1 rings (SSSR count). The Balaban J connectivity index is 2.02. The van der Waals surface area contributed by atoms with Gasteiger partial charge in [-0.05, 0) is 19.3 Å². The first kappa shape index (κ1) is 17.3. The van der Waals surface area contributed by atoms with Crippen molar-refractivity contribution in [1.82, 2.24) is 5.32 Å². The Bertz CT molecular complexity index is 378. The van der Waals surface area contributed by atoms with E-state index < -0.39 is 17.6 Å². The number of esters is 1. The van der Waals surface area contributed by atoms with E-state index in [4.69, 9.17) is 14.6 Å². The molecule has 0 atom stereocenters. The number of ether oxygens (including phenoxy) is 2. The second-order valence-corrected chi connectivity index (χ2v) is 5.18. The van der Waals surface area contributed by atoms with Crippen LogP contribution in [0, 0.1) is 0 Å². The lowest BCUT2D eigenvalue weighted by Gasteiger charge is -2.12. The molecule has 0 spiro atoms. The zero-order valence-corrected chi connectivity index (χ0v) is 12.4. The normalized spacial score (nSPS) is 15.1. The van der Waals surface area contributed by atoms with E-state index in [0.717, 1.165) is 25.7 Å². The number of unbranched alkanes of at least 4 members (excludes halogenated alkanes) is 3. The maximum absolute atomic E-state index is 11.4. The molecule has 0 unspecified atom stereocenters. The average Bonchev–Trinajstić information content (AvgIpc) is 3.21. The maximum atomic E-state index is 11.4. The number of nitrogens with one attached hydrogen (secondary N) is 1. The van der Waals surface area contributed by atoms with Crippen LogP contribution in [0.5, 0.6) is 0 Å². The van der Waals surface area contributed by atoms with Gasteiger partial charge in [0.1, 0.15) is 18.8 Å². The number of aliphatic carboxylic acids is 1. The SMILES string of the molecule is CCCCCCC(=O)OCCOC(=O)NC1(C(=O)O)CC1. The fourth-order valence-electron chi connectivity index (χ4n) is 1.81. The smallest absolute Gasteiger partial charge is 0.408 e. The lowest BCUT2D eigenvalue weighted by Crippen LogP contribution is -2.43. The van der Waals surface area contributed by atoms with Gasteiger partial charge in [-0.3, -0.25) is 4.79 Å². The molecule has 0 aromatic heterocycles. The van der Waals surface area contributed by atoms with Crippen LogP contribution in [0.4, 0.5) is 4.79 Å². The minimum atomic E-state index is -1.16. The monoisotopic (exact) mass is 301 g/mol. The molecule has 7 nitrogen and oxygen atoms in total. The molecule has 0 bridgehead atoms. The Labute approximate surface area is 124 Å². The molecule has 0 radical (unpaired) electrons. The first-order chi connectivity index (χ1) is 10.00. The third kappa shape index (κ3) is 6.46. The maximum Gasteiger partial charge on any atom is 0.408 e. The van der Waals surface area contributed by atoms with Gasteiger partial charge in [-0.15, -0.1) is 0 Å². The highest BCUT2D eigenvalue weighted by atomic mass is 16.6. The van der Waals surface area contributed by atoms with Gasteiger partial charge in [-0.25, -0.2) is 9.59 Å². The molecule has 0 aliphatic heterocycles. The lowest BCUT2D eigenvalue weighted by molar-refractivity contribution is -0.144. The van der Waals surface area contributed by atoms with Crippen molar-refractivity contribution in [3.8, 4) is 0 Å². The van der Waals surface area contributed by atoms with Crippen LogP contribution in [0.2, 0.25) is 0 Å². The van der Waals surface area contributed by atoms with Crippen LogP contribution < -0.4 is 5.32 Å². The lowest BCUT2D eigenvalue weighted by atomic mass is 10.2. The largest absolute Gasteiger partial charge is 0.480 e. The predicted molar refractivity (Wildman–Crippen MR) is 73.8 cm³/mol. The van der Waals surface area contributed by atoms with E-state index in [0.29, 0.717) is 19.3 Å². The Morgan fingerprint density at radius 3 is 2.33 bits per heavy atom. The van der Waals surface area contributed by atoms with E-state index in [9.17, 15) is 14.4 Å². The quantitative estimate of drug-likeness (QED) is 0.471. The third-order valence-electron chi connectivity index (χ3n) is 3.31. The van der Waals surface area contributed by atoms with Crippen molar-refractivity contribution in [2.75, 3.05) is 13.2 Å². The standard InChI is InChI=1S/C14H23NO6/c1-2-3-4-5-6-11(16)20-9-10-21-13(19)15-14(7-8-14)12(17)18/h2-10H2,1H3,(H,15,19)(H,17,18). The Hall–Kier alpha value is -1.79. The van der Waals surface area contributed by atoms with Crippen molar-refractivity contribution in [2.24, 2.45) is 0 Å². The van der Waals surface area contributed by atoms with Crippen molar-refractivity contribution in [2.45, 2.75) is 57.4 Å². The minimum absolute atomic E-state index is 0.0138. The number of carbonyl (C=O) groups excluding carboxylic acids is 2. The van der Waals surface area contributed by atoms with Gasteiger partial charge in [0.15, 0.2) is 0 Å². The van der Waals surface area contributed by atoms with Crippen LogP contribution >= 0.6 is 0 Å². The van der Waals surface area contributed by atoms with Crippen LogP contribution in [-0.2, 0) is 19.1 Å². The van der Waals surface area contributed by atoms with Crippen molar-refractivity contribution in [3.63, 3.8) is 0 Å². The van der Waals surface area contributed by atoms with Crippen LogP contribution in [0.3, 0.4) is 0 Å². The first-order valence-electron chi connectivity index (χ1n) is 7.34. The molecule has 1 aliphatic carbocycles. The molecular weight excluding hydrogens is 278 g/mol. The summed E-state index contributed by atoms with van der Waals surface area (Å²) in [7, 11) is 0. The molecule has 7 heteroatoms. The molecule has 0 saturated heterocycles. The predicted octanol–water partition coefficient (Wildman–Crippen LogP) is 1.84. The third-order valence-corrected chi connectivity index (χ3v) is 3.31. The van der Waals surface area contributed by atoms with Gasteiger partial charge in [0.05, 0.1) is 0 Å². The van der Waals surface area contributed by atoms with Crippen molar-refractivity contribution >= 4 is 18.0 Å². The fourth-order valence-corrected chi connectivity index (χ4v) is 1.81. The summed E-state index contributed by atoms with van der Waals surface area (Å²) in [5.41, 5.74) is -1.16. The van der Waals surface area contributed by atoms with Gasteiger partial charge < -0.3 is 19.9 Å². The highest BCUT2D eigenvalue weighted by molar-refractivity contribution is 5.87. The average molecular weight is 301 g/mol. The summed E-state index contributed by atoms with van der Waals surface area (Å²) >= 11 is 0. The molecule has 21 heavy (non-hydrogen) atoms. The highest BCUT2D eigenvalue weighted by Crippen LogP contribution is 2.35. The van der Waals surface area contributed by atoms with E-state index in [1.807, 2.05) is 0 Å². The van der Waals surface area contributed by atoms with E-state index in [1.54, 1.807) is 0 Å². The fraction of sp³-hybridized carbons (Fsp3) is 0.786. The van der Waals surface area contributed by atoms with E-state index in [2.05, 4.69) is 12.2 Å². The van der Waals surface area contributed by atoms with Crippen LogP contribution in [-0.4, -0.2) is 41.9 Å². The van der Waals surface area contributed by atoms with Gasteiger partial charge in [-0.2, -0.15) is 0 Å². The van der Waals surface area contributed by atoms with E-state index >= 15 is 0 Å². The Kier molecular flexibility index (Phi) is 6.98. The van der Waals surface area contributed by atoms with Crippen molar-refractivity contribution < 1.29 is 29.0 Å². The first-order valence-corrected chi connectivity index (χ1v) is 7.34. The second kappa shape index (κ2) is 8.49. The Morgan fingerprint density at radius 2 is 1.76 bits per heavy atom. The molecule has 2 N–H and O–H groups in total. The summed E-state index contributed by atoms with van der Waals surface area (Å²) in [6.07, 6.45) is 4.39. The second-order valence-electron chi connectivity index (χ2n) is 5.18. The van der Waals surface area contributed by atoms with Crippen molar-refractivity contribution in [1.29, 1.82) is 0 Å². The van der Waals surface area contributed by atoms with Crippen molar-refractivity contribution in [3.05, 3.63) is 0 Å². The van der Waals surface area contributed by atoms with Gasteiger partial charge in [-0.1, -0.05) is 26.2 Å². The van der Waals surface area contributed by atoms with Crippen LogP contribution in [0.25, 0.3) is 0 Å². The van der Waals surface area contributed by atoms with Gasteiger partial charge in [0, 0.05) is 6.42 Å². The number of alkyl carbamates (subject to hydrolysis) is 1. The van der Waals surface area contributed by atoms with Crippen LogP contribution in [0.15, 0.2) is 0 Å². The van der Waals surface area contributed by atoms with Gasteiger partial charge >= 0.3 is 18.0 Å². The molecule has 120 valence electrons. The summed E-state index contributed by atoms with van der Waals surface area (Å²) in [5.74, 6) is -1.36. The number of hydrogen-bond acceptors (Lipinski definition) is 5. The number of carbonyl (C=O) groups is 3. The summed E-state index contributed by atoms with van der Waals surface area (Å²) in [5, 5.41) is 11.2. The summed E-state index contributed by atoms with van der Waals surface area (Å²) in [6, 6.07) is 0. The Morgan fingerprint density at radius 1 is 1.10 bits per heavy atom. The zero-order chi connectivity index (χ0) is 15.7. The summed E-state index contributed by atoms with van der Waals surface area (Å²) in [4.78, 5) is 33.5. The number of carboxylic acid groups (broad SMARTS) is 1. The van der Waals surface area contributed by atoms with Crippen LogP contribution in [0.1, 0.15) is 51.9 Å². The molecule has 0 heterocycles. The number of rotatable bonds is 10. The molecule has 1 fully saturated rings. The van der Waals surface area contributed by atoms with Gasteiger partial charge in [0.2, 0.25) is 0 Å². The number of carboxylic acids is 1. The van der Waals surface area contributed by atoms with E-state index in [1.165, 1.54) is 0 Å². The number of amides is 1. The molecule has 1 saturated carbocycles. The minimum Gasteiger partial charge on any atom is -0.480 e.